The third-order valence-corrected chi connectivity index (χ3v) is 2.89. The van der Waals surface area contributed by atoms with Crippen LogP contribution in [0.4, 0.5) is 0 Å². The number of aryl methyl sites for hydroxylation is 2. The van der Waals surface area contributed by atoms with Gasteiger partial charge >= 0.3 is 5.97 Å². The maximum atomic E-state index is 10.8. The Morgan fingerprint density at radius 1 is 1.37 bits per heavy atom. The monoisotopic (exact) mass is 260 g/mol. The Morgan fingerprint density at radius 2 is 2.11 bits per heavy atom. The van der Waals surface area contributed by atoms with Crippen molar-refractivity contribution < 1.29 is 14.6 Å². The van der Waals surface area contributed by atoms with Gasteiger partial charge in [-0.2, -0.15) is 0 Å². The molecule has 0 unspecified atom stereocenters. The Balaban J connectivity index is 2.44. The van der Waals surface area contributed by atoms with E-state index in [0.717, 1.165) is 22.4 Å². The van der Waals surface area contributed by atoms with Gasteiger partial charge < -0.3 is 14.8 Å². The van der Waals surface area contributed by atoms with Crippen LogP contribution in [-0.4, -0.2) is 27.7 Å². The number of ether oxygens (including phenoxy) is 1. The number of carboxylic acid groups (broad SMARTS) is 1. The molecule has 0 bridgehead atoms. The lowest BCUT2D eigenvalue weighted by Crippen LogP contribution is -1.99. The summed E-state index contributed by atoms with van der Waals surface area (Å²) in [5, 5.41) is 8.87. The number of nitrogens with one attached hydrogen (secondary N) is 1. The largest absolute Gasteiger partial charge is 0.494 e. The minimum Gasteiger partial charge on any atom is -0.494 e. The number of rotatable bonds is 4. The molecule has 0 spiro atoms. The Hall–Kier alpha value is -2.30. The molecule has 19 heavy (non-hydrogen) atoms. The molecule has 5 nitrogen and oxygen atoms in total. The van der Waals surface area contributed by atoms with Crippen LogP contribution in [0.5, 0.6) is 5.75 Å². The van der Waals surface area contributed by atoms with E-state index in [9.17, 15) is 4.79 Å². The van der Waals surface area contributed by atoms with E-state index in [1.807, 2.05) is 32.9 Å². The number of H-pyrrole nitrogens is 1. The molecule has 0 fully saturated rings. The van der Waals surface area contributed by atoms with Crippen molar-refractivity contribution in [2.75, 3.05) is 6.61 Å². The molecule has 2 rings (SSSR count). The van der Waals surface area contributed by atoms with Gasteiger partial charge in [-0.25, -0.2) is 9.78 Å². The van der Waals surface area contributed by atoms with Crippen molar-refractivity contribution in [2.45, 2.75) is 20.8 Å². The predicted octanol–water partition coefficient (Wildman–Crippen LogP) is 2.79. The van der Waals surface area contributed by atoms with Gasteiger partial charge in [-0.15, -0.1) is 0 Å². The van der Waals surface area contributed by atoms with Gasteiger partial charge in [0, 0.05) is 5.56 Å². The highest BCUT2D eigenvalue weighted by atomic mass is 16.5. The summed E-state index contributed by atoms with van der Waals surface area (Å²) in [5.41, 5.74) is 3.64. The van der Waals surface area contributed by atoms with E-state index in [1.165, 1.54) is 6.20 Å². The molecule has 0 aliphatic carbocycles. The van der Waals surface area contributed by atoms with Crippen LogP contribution in [0.3, 0.4) is 0 Å². The normalized spacial score (nSPS) is 10.5. The zero-order valence-electron chi connectivity index (χ0n) is 11.2. The summed E-state index contributed by atoms with van der Waals surface area (Å²) in [5.74, 6) is -0.269. The minimum atomic E-state index is -1.06. The van der Waals surface area contributed by atoms with Crippen molar-refractivity contribution in [1.82, 2.24) is 9.97 Å². The first-order chi connectivity index (χ1) is 9.02. The number of aromatic carboxylic acids is 1. The number of carboxylic acids is 1. The summed E-state index contributed by atoms with van der Waals surface area (Å²) in [6.45, 7) is 6.48. The smallest absolute Gasteiger partial charge is 0.371 e. The maximum Gasteiger partial charge on any atom is 0.371 e. The highest BCUT2D eigenvalue weighted by Gasteiger charge is 2.12. The molecule has 0 saturated carbocycles. The molecular formula is C14H16N2O3. The highest BCUT2D eigenvalue weighted by molar-refractivity contribution is 5.84. The number of aromatic nitrogens is 2. The summed E-state index contributed by atoms with van der Waals surface area (Å²) in [4.78, 5) is 17.5. The van der Waals surface area contributed by atoms with Crippen LogP contribution in [0.1, 0.15) is 28.7 Å². The molecule has 0 atom stereocenters. The zero-order chi connectivity index (χ0) is 14.0. The molecule has 100 valence electrons. The van der Waals surface area contributed by atoms with Gasteiger partial charge in [0.1, 0.15) is 5.75 Å². The van der Waals surface area contributed by atoms with E-state index in [-0.39, 0.29) is 5.82 Å². The van der Waals surface area contributed by atoms with Crippen LogP contribution < -0.4 is 4.74 Å². The van der Waals surface area contributed by atoms with E-state index in [0.29, 0.717) is 12.3 Å². The van der Waals surface area contributed by atoms with Crippen LogP contribution >= 0.6 is 0 Å². The Morgan fingerprint density at radius 3 is 2.68 bits per heavy atom. The summed E-state index contributed by atoms with van der Waals surface area (Å²) in [6.07, 6.45) is 1.53. The number of benzene rings is 1. The molecule has 1 aromatic heterocycles. The SMILES string of the molecule is CCOc1cc(C)c(-c2cnc(C(=O)O)[nH]2)cc1C. The van der Waals surface area contributed by atoms with E-state index in [1.54, 1.807) is 0 Å². The summed E-state index contributed by atoms with van der Waals surface area (Å²) in [7, 11) is 0. The first-order valence-electron chi connectivity index (χ1n) is 6.05. The van der Waals surface area contributed by atoms with Gasteiger partial charge in [-0.3, -0.25) is 0 Å². The van der Waals surface area contributed by atoms with Gasteiger partial charge in [0.2, 0.25) is 5.82 Å². The number of hydrogen-bond acceptors (Lipinski definition) is 3. The topological polar surface area (TPSA) is 75.2 Å². The average molecular weight is 260 g/mol. The second kappa shape index (κ2) is 5.14. The van der Waals surface area contributed by atoms with Gasteiger partial charge in [-0.1, -0.05) is 0 Å². The molecule has 2 aromatic rings. The third kappa shape index (κ3) is 2.59. The van der Waals surface area contributed by atoms with E-state index in [2.05, 4.69) is 9.97 Å². The number of imidazole rings is 1. The summed E-state index contributed by atoms with van der Waals surface area (Å²) < 4.78 is 5.53. The quantitative estimate of drug-likeness (QED) is 0.886. The predicted molar refractivity (Wildman–Crippen MR) is 71.6 cm³/mol. The zero-order valence-corrected chi connectivity index (χ0v) is 11.2. The fourth-order valence-electron chi connectivity index (χ4n) is 1.96. The van der Waals surface area contributed by atoms with Crippen molar-refractivity contribution >= 4 is 5.97 Å². The lowest BCUT2D eigenvalue weighted by atomic mass is 10.0. The first kappa shape index (κ1) is 13.1. The van der Waals surface area contributed by atoms with Crippen molar-refractivity contribution in [3.8, 4) is 17.0 Å². The Bertz CT molecular complexity index is 617. The standard InChI is InChI=1S/C14H16N2O3/c1-4-19-12-6-8(2)10(5-9(12)3)11-7-15-13(16-11)14(17)18/h5-7H,4H2,1-3H3,(H,15,16)(H,17,18). The van der Waals surface area contributed by atoms with Crippen molar-refractivity contribution in [3.63, 3.8) is 0 Å². The lowest BCUT2D eigenvalue weighted by molar-refractivity contribution is 0.0685. The van der Waals surface area contributed by atoms with Crippen LogP contribution in [0.15, 0.2) is 18.3 Å². The van der Waals surface area contributed by atoms with Crippen LogP contribution in [0.2, 0.25) is 0 Å². The number of carbonyl (C=O) groups is 1. The molecule has 2 N–H and O–H groups in total. The fourth-order valence-corrected chi connectivity index (χ4v) is 1.96. The van der Waals surface area contributed by atoms with Gasteiger partial charge in [0.25, 0.3) is 0 Å². The summed E-state index contributed by atoms with van der Waals surface area (Å²) in [6, 6.07) is 3.93. The molecule has 1 heterocycles. The van der Waals surface area contributed by atoms with E-state index in [4.69, 9.17) is 9.84 Å². The Kier molecular flexibility index (Phi) is 3.55. The Labute approximate surface area is 111 Å². The highest BCUT2D eigenvalue weighted by Crippen LogP contribution is 2.29. The van der Waals surface area contributed by atoms with Gasteiger partial charge in [0.15, 0.2) is 0 Å². The van der Waals surface area contributed by atoms with Gasteiger partial charge in [-0.05, 0) is 44.0 Å². The molecular weight excluding hydrogens is 244 g/mol. The number of aromatic amines is 1. The minimum absolute atomic E-state index is 0.0547. The molecule has 1 aromatic carbocycles. The van der Waals surface area contributed by atoms with Gasteiger partial charge in [0.05, 0.1) is 18.5 Å². The van der Waals surface area contributed by atoms with Crippen molar-refractivity contribution in [2.24, 2.45) is 0 Å². The van der Waals surface area contributed by atoms with Crippen molar-refractivity contribution in [1.29, 1.82) is 0 Å². The van der Waals surface area contributed by atoms with Crippen molar-refractivity contribution in [3.05, 3.63) is 35.3 Å². The molecule has 0 aliphatic rings. The van der Waals surface area contributed by atoms with E-state index < -0.39 is 5.97 Å². The molecule has 0 radical (unpaired) electrons. The first-order valence-corrected chi connectivity index (χ1v) is 6.05. The summed E-state index contributed by atoms with van der Waals surface area (Å²) >= 11 is 0. The van der Waals surface area contributed by atoms with Crippen LogP contribution in [0.25, 0.3) is 11.3 Å². The number of nitrogens with zero attached hydrogens (tertiary/aromatic N) is 1. The number of hydrogen-bond donors (Lipinski definition) is 2. The second-order valence-electron chi connectivity index (χ2n) is 4.32. The maximum absolute atomic E-state index is 10.8. The molecule has 0 saturated heterocycles. The molecule has 5 heteroatoms. The fraction of sp³-hybridized carbons (Fsp3) is 0.286. The molecule has 0 amide bonds. The van der Waals surface area contributed by atoms with E-state index >= 15 is 0 Å². The lowest BCUT2D eigenvalue weighted by Gasteiger charge is -2.11. The van der Waals surface area contributed by atoms with Crippen LogP contribution in [-0.2, 0) is 0 Å². The molecule has 0 aliphatic heterocycles. The average Bonchev–Trinajstić information content (AvgIpc) is 2.83. The second-order valence-corrected chi connectivity index (χ2v) is 4.32. The third-order valence-electron chi connectivity index (χ3n) is 2.89. The van der Waals surface area contributed by atoms with Crippen LogP contribution in [0, 0.1) is 13.8 Å².